The lowest BCUT2D eigenvalue weighted by atomic mass is 10.2. The summed E-state index contributed by atoms with van der Waals surface area (Å²) in [6.07, 6.45) is 1.62. The number of halogens is 1. The lowest BCUT2D eigenvalue weighted by Crippen LogP contribution is -2.01. The summed E-state index contributed by atoms with van der Waals surface area (Å²) in [5.41, 5.74) is 4.55. The molecule has 4 rings (SSSR count). The number of benzene rings is 3. The number of imidazole rings is 1. The molecule has 0 unspecified atom stereocenters. The number of nitrogens with zero attached hydrogens (tertiary/aromatic N) is 4. The van der Waals surface area contributed by atoms with Gasteiger partial charge in [0.25, 0.3) is 5.69 Å². The van der Waals surface area contributed by atoms with Gasteiger partial charge in [-0.2, -0.15) is 0 Å². The van der Waals surface area contributed by atoms with Gasteiger partial charge in [0.05, 0.1) is 26.1 Å². The maximum atomic E-state index is 11.1. The van der Waals surface area contributed by atoms with E-state index in [1.54, 1.807) is 18.3 Å². The van der Waals surface area contributed by atoms with E-state index in [1.165, 1.54) is 11.6 Å². The summed E-state index contributed by atoms with van der Waals surface area (Å²) in [5, 5.41) is 11.1. The Balaban J connectivity index is 1.62. The lowest BCUT2D eigenvalue weighted by Gasteiger charge is -2.07. The molecule has 0 aliphatic heterocycles. The van der Waals surface area contributed by atoms with Gasteiger partial charge in [0, 0.05) is 18.8 Å². The van der Waals surface area contributed by atoms with Crippen molar-refractivity contribution in [2.75, 3.05) is 0 Å². The Hall–Kier alpha value is -3.32. The van der Waals surface area contributed by atoms with Crippen molar-refractivity contribution in [2.24, 2.45) is 4.99 Å². The van der Waals surface area contributed by atoms with Crippen molar-refractivity contribution in [1.29, 1.82) is 0 Å². The fourth-order valence-corrected chi connectivity index (χ4v) is 3.57. The van der Waals surface area contributed by atoms with Crippen molar-refractivity contribution in [3.8, 4) is 0 Å². The number of aromatic nitrogens is 2. The van der Waals surface area contributed by atoms with E-state index in [0.29, 0.717) is 10.0 Å². The molecule has 0 fully saturated rings. The number of aliphatic imine (C=N–C) groups is 1. The number of nitro groups is 1. The van der Waals surface area contributed by atoms with Gasteiger partial charge < -0.3 is 4.57 Å². The quantitative estimate of drug-likeness (QED) is 0.219. The molecule has 1 aromatic heterocycles. The van der Waals surface area contributed by atoms with Crippen molar-refractivity contribution in [1.82, 2.24) is 9.55 Å². The molecule has 29 heavy (non-hydrogen) atoms. The first kappa shape index (κ1) is 19.0. The Kier molecular flexibility index (Phi) is 5.22. The molecule has 144 valence electrons. The molecule has 0 atom stereocenters. The highest BCUT2D eigenvalue weighted by Gasteiger charge is 2.12. The highest BCUT2D eigenvalue weighted by molar-refractivity contribution is 9.10. The molecule has 0 amide bonds. The third kappa shape index (κ3) is 4.09. The Bertz CT molecular complexity index is 1230. The van der Waals surface area contributed by atoms with Gasteiger partial charge in [-0.15, -0.1) is 0 Å². The highest BCUT2D eigenvalue weighted by atomic mass is 79.9. The minimum atomic E-state index is -0.421. The zero-order chi connectivity index (χ0) is 20.4. The molecule has 3 aromatic carbocycles. The van der Waals surface area contributed by atoms with Crippen LogP contribution >= 0.6 is 15.9 Å². The van der Waals surface area contributed by atoms with Crippen molar-refractivity contribution in [3.63, 3.8) is 0 Å². The molecule has 0 radical (unpaired) electrons. The number of fused-ring (bicyclic) bond motifs is 1. The third-order valence-corrected chi connectivity index (χ3v) is 5.31. The van der Waals surface area contributed by atoms with Crippen LogP contribution in [0.3, 0.4) is 0 Å². The van der Waals surface area contributed by atoms with Crippen LogP contribution in [0.5, 0.6) is 0 Å². The lowest BCUT2D eigenvalue weighted by molar-refractivity contribution is -0.385. The Morgan fingerprint density at radius 2 is 1.93 bits per heavy atom. The molecule has 0 aliphatic rings. The van der Waals surface area contributed by atoms with E-state index in [-0.39, 0.29) is 5.69 Å². The standard InChI is InChI=1S/C22H17BrN4O2/c1-15-25-20-12-18(24-13-17-7-9-19(23)22(11-17)27(28)29)8-10-21(20)26(15)14-16-5-3-2-4-6-16/h2-13H,14H2,1H3. The van der Waals surface area contributed by atoms with Crippen LogP contribution in [0, 0.1) is 17.0 Å². The predicted octanol–water partition coefficient (Wildman–Crippen LogP) is 5.81. The Morgan fingerprint density at radius 3 is 2.69 bits per heavy atom. The van der Waals surface area contributed by atoms with Crippen LogP contribution < -0.4 is 0 Å². The van der Waals surface area contributed by atoms with Crippen LogP contribution in [-0.2, 0) is 6.54 Å². The SMILES string of the molecule is Cc1nc2cc(N=Cc3ccc(Br)c([N+](=O)[O-])c3)ccc2n1Cc1ccccc1. The van der Waals surface area contributed by atoms with Crippen molar-refractivity contribution < 1.29 is 4.92 Å². The van der Waals surface area contributed by atoms with E-state index in [2.05, 4.69) is 42.6 Å². The van der Waals surface area contributed by atoms with Gasteiger partial charge in [0.2, 0.25) is 0 Å². The first-order valence-corrected chi connectivity index (χ1v) is 9.79. The van der Waals surface area contributed by atoms with Crippen molar-refractivity contribution >= 4 is 44.6 Å². The largest absolute Gasteiger partial charge is 0.324 e. The van der Waals surface area contributed by atoms with Gasteiger partial charge in [-0.3, -0.25) is 15.1 Å². The van der Waals surface area contributed by atoms with Crippen LogP contribution in [0.15, 0.2) is 76.2 Å². The summed E-state index contributed by atoms with van der Waals surface area (Å²) in [4.78, 5) is 19.8. The Morgan fingerprint density at radius 1 is 1.14 bits per heavy atom. The van der Waals surface area contributed by atoms with E-state index in [0.717, 1.165) is 29.1 Å². The Labute approximate surface area is 175 Å². The van der Waals surface area contributed by atoms with Crippen LogP contribution in [0.2, 0.25) is 0 Å². The first-order valence-electron chi connectivity index (χ1n) is 9.00. The minimum absolute atomic E-state index is 0.0136. The number of rotatable bonds is 5. The number of nitro benzene ring substituents is 1. The first-order chi connectivity index (χ1) is 14.0. The van der Waals surface area contributed by atoms with Gasteiger partial charge in [0.1, 0.15) is 5.82 Å². The zero-order valence-corrected chi connectivity index (χ0v) is 17.2. The fourth-order valence-electron chi connectivity index (χ4n) is 3.18. The normalized spacial score (nSPS) is 11.4. The smallest absolute Gasteiger partial charge is 0.284 e. The minimum Gasteiger partial charge on any atom is -0.324 e. The molecular formula is C22H17BrN4O2. The van der Waals surface area contributed by atoms with Crippen LogP contribution in [0.1, 0.15) is 17.0 Å². The maximum absolute atomic E-state index is 11.1. The van der Waals surface area contributed by atoms with Crippen molar-refractivity contribution in [2.45, 2.75) is 13.5 Å². The second-order valence-electron chi connectivity index (χ2n) is 6.63. The second kappa shape index (κ2) is 7.97. The van der Waals surface area contributed by atoms with Gasteiger partial charge in [-0.25, -0.2) is 4.98 Å². The average molecular weight is 449 g/mol. The highest BCUT2D eigenvalue weighted by Crippen LogP contribution is 2.26. The molecule has 0 aliphatic carbocycles. The second-order valence-corrected chi connectivity index (χ2v) is 7.48. The molecule has 0 saturated heterocycles. The summed E-state index contributed by atoms with van der Waals surface area (Å²) in [6, 6.07) is 21.0. The summed E-state index contributed by atoms with van der Waals surface area (Å²) in [6.45, 7) is 2.75. The number of hydrogen-bond donors (Lipinski definition) is 0. The van der Waals surface area contributed by atoms with Crippen molar-refractivity contribution in [3.05, 3.63) is 98.3 Å². The molecule has 7 heteroatoms. The molecular weight excluding hydrogens is 432 g/mol. The fraction of sp³-hybridized carbons (Fsp3) is 0.0909. The molecule has 6 nitrogen and oxygen atoms in total. The van der Waals surface area contributed by atoms with E-state index in [4.69, 9.17) is 0 Å². The molecule has 0 spiro atoms. The van der Waals surface area contributed by atoms with Gasteiger partial charge in [-0.05, 0) is 58.2 Å². The zero-order valence-electron chi connectivity index (χ0n) is 15.6. The van der Waals surface area contributed by atoms with Crippen LogP contribution in [-0.4, -0.2) is 20.7 Å². The van der Waals surface area contributed by atoms with E-state index >= 15 is 0 Å². The monoisotopic (exact) mass is 448 g/mol. The maximum Gasteiger partial charge on any atom is 0.284 e. The average Bonchev–Trinajstić information content (AvgIpc) is 3.02. The van der Waals surface area contributed by atoms with Gasteiger partial charge in [-0.1, -0.05) is 36.4 Å². The van der Waals surface area contributed by atoms with E-state index in [9.17, 15) is 10.1 Å². The van der Waals surface area contributed by atoms with Gasteiger partial charge in [0.15, 0.2) is 0 Å². The van der Waals surface area contributed by atoms with E-state index in [1.807, 2.05) is 43.3 Å². The van der Waals surface area contributed by atoms with E-state index < -0.39 is 4.92 Å². The van der Waals surface area contributed by atoms with Gasteiger partial charge >= 0.3 is 0 Å². The molecule has 0 bridgehead atoms. The van der Waals surface area contributed by atoms with Crippen LogP contribution in [0.4, 0.5) is 11.4 Å². The number of aryl methyl sites for hydroxylation is 1. The molecule has 0 N–H and O–H groups in total. The topological polar surface area (TPSA) is 73.3 Å². The summed E-state index contributed by atoms with van der Waals surface area (Å²) in [5.74, 6) is 0.938. The summed E-state index contributed by atoms with van der Waals surface area (Å²) >= 11 is 3.19. The molecule has 4 aromatic rings. The summed E-state index contributed by atoms with van der Waals surface area (Å²) < 4.78 is 2.62. The predicted molar refractivity (Wildman–Crippen MR) is 118 cm³/mol. The molecule has 1 heterocycles. The molecule has 0 saturated carbocycles. The third-order valence-electron chi connectivity index (χ3n) is 4.64. The number of hydrogen-bond acceptors (Lipinski definition) is 4. The van der Waals surface area contributed by atoms with Crippen LogP contribution in [0.25, 0.3) is 11.0 Å². The summed E-state index contributed by atoms with van der Waals surface area (Å²) in [7, 11) is 0.